The summed E-state index contributed by atoms with van der Waals surface area (Å²) in [5.41, 5.74) is 4.05. The maximum Gasteiger partial charge on any atom is 0.306 e. The fourth-order valence-corrected chi connectivity index (χ4v) is 5.26. The smallest absolute Gasteiger partial charge is 0.306 e. The highest BCUT2D eigenvalue weighted by Crippen LogP contribution is 2.29. The van der Waals surface area contributed by atoms with Gasteiger partial charge in [-0.1, -0.05) is 12.1 Å². The number of anilines is 1. The Kier molecular flexibility index (Phi) is 10.5. The molecule has 3 aromatic rings. The average Bonchev–Trinajstić information content (AvgIpc) is 3.31. The Morgan fingerprint density at radius 2 is 2.06 bits per heavy atom. The molecule has 1 aromatic carbocycles. The number of aryl methyl sites for hydroxylation is 3. The third kappa shape index (κ3) is 7.40. The molecule has 1 atom stereocenters. The largest absolute Gasteiger partial charge is 0.494 e. The van der Waals surface area contributed by atoms with Crippen molar-refractivity contribution in [1.29, 1.82) is 0 Å². The molecule has 1 aliphatic rings. The fraction of sp³-hybridized carbons (Fsp3) is 0.444. The van der Waals surface area contributed by atoms with E-state index in [-0.39, 0.29) is 36.5 Å². The van der Waals surface area contributed by atoms with Crippen molar-refractivity contribution < 1.29 is 18.7 Å². The minimum absolute atomic E-state index is 0. The molecule has 194 valence electrons. The topological polar surface area (TPSA) is 73.3 Å². The third-order valence-corrected chi connectivity index (χ3v) is 7.15. The van der Waals surface area contributed by atoms with Crippen molar-refractivity contribution in [2.75, 3.05) is 25.6 Å². The normalized spacial score (nSPS) is 13.2. The van der Waals surface area contributed by atoms with Crippen LogP contribution in [0.3, 0.4) is 0 Å². The number of nitrogens with one attached hydrogen (secondary N) is 1. The van der Waals surface area contributed by atoms with E-state index in [0.29, 0.717) is 13.0 Å². The first-order valence-electron chi connectivity index (χ1n) is 12.2. The highest BCUT2D eigenvalue weighted by molar-refractivity contribution is 7.09. The number of nitrogens with zero attached hydrogens (tertiary/aromatic N) is 2. The standard InChI is InChI=1S/C27H32FN3O3S.ClH/c1-3-34-26(32)16-20(19-10-12-24(33-2)23(28)15-19)14-22-17-35-25(30-22)8-4-7-21-11-9-18-6-5-13-29-27(18)31-21;/h9-12,15,17,20H,3-8,13-14,16H2,1-2H3,(H,29,31);1H. The molecule has 3 heterocycles. The van der Waals surface area contributed by atoms with E-state index in [9.17, 15) is 9.18 Å². The Bertz CT molecular complexity index is 1160. The molecule has 9 heteroatoms. The molecule has 6 nitrogen and oxygen atoms in total. The van der Waals surface area contributed by atoms with Gasteiger partial charge in [-0.15, -0.1) is 23.7 Å². The molecule has 0 aliphatic carbocycles. The molecule has 0 radical (unpaired) electrons. The number of pyridine rings is 1. The maximum absolute atomic E-state index is 14.3. The lowest BCUT2D eigenvalue weighted by Gasteiger charge is -2.17. The number of thiazole rings is 1. The van der Waals surface area contributed by atoms with Gasteiger partial charge < -0.3 is 14.8 Å². The van der Waals surface area contributed by atoms with Crippen molar-refractivity contribution in [2.45, 2.75) is 57.8 Å². The van der Waals surface area contributed by atoms with Crippen LogP contribution in [0.2, 0.25) is 0 Å². The zero-order chi connectivity index (χ0) is 24.6. The minimum atomic E-state index is -0.441. The minimum Gasteiger partial charge on any atom is -0.494 e. The van der Waals surface area contributed by atoms with Crippen LogP contribution in [-0.2, 0) is 35.2 Å². The number of fused-ring (bicyclic) bond motifs is 1. The molecule has 36 heavy (non-hydrogen) atoms. The monoisotopic (exact) mass is 533 g/mol. The van der Waals surface area contributed by atoms with Crippen LogP contribution in [0.15, 0.2) is 35.7 Å². The molecule has 0 amide bonds. The van der Waals surface area contributed by atoms with Crippen LogP contribution < -0.4 is 10.1 Å². The number of hydrogen-bond acceptors (Lipinski definition) is 7. The van der Waals surface area contributed by atoms with Gasteiger partial charge in [0.2, 0.25) is 0 Å². The quantitative estimate of drug-likeness (QED) is 0.308. The lowest BCUT2D eigenvalue weighted by atomic mass is 9.91. The Hall–Kier alpha value is -2.71. The number of halogens is 2. The summed E-state index contributed by atoms with van der Waals surface area (Å²) in [6.45, 7) is 3.09. The van der Waals surface area contributed by atoms with Crippen LogP contribution >= 0.6 is 23.7 Å². The Balaban J connectivity index is 0.00000361. The third-order valence-electron chi connectivity index (χ3n) is 6.20. The maximum atomic E-state index is 14.3. The second kappa shape index (κ2) is 13.6. The highest BCUT2D eigenvalue weighted by atomic mass is 35.5. The van der Waals surface area contributed by atoms with Gasteiger partial charge in [-0.05, 0) is 80.7 Å². The van der Waals surface area contributed by atoms with Crippen LogP contribution in [-0.4, -0.2) is 36.2 Å². The van der Waals surface area contributed by atoms with Gasteiger partial charge in [0.05, 0.1) is 30.8 Å². The molecule has 2 aromatic heterocycles. The molecule has 0 bridgehead atoms. The molecule has 4 rings (SSSR count). The number of carbonyl (C=O) groups excluding carboxylic acids is 1. The lowest BCUT2D eigenvalue weighted by Crippen LogP contribution is -2.14. The molecular weight excluding hydrogens is 501 g/mol. The number of hydrogen-bond donors (Lipinski definition) is 1. The van der Waals surface area contributed by atoms with Crippen LogP contribution in [0.25, 0.3) is 0 Å². The first-order chi connectivity index (χ1) is 17.1. The highest BCUT2D eigenvalue weighted by Gasteiger charge is 2.21. The second-order valence-electron chi connectivity index (χ2n) is 8.73. The van der Waals surface area contributed by atoms with Crippen LogP contribution in [0.4, 0.5) is 10.2 Å². The zero-order valence-electron chi connectivity index (χ0n) is 20.7. The van der Waals surface area contributed by atoms with Crippen molar-refractivity contribution in [3.63, 3.8) is 0 Å². The van der Waals surface area contributed by atoms with E-state index in [1.165, 1.54) is 18.7 Å². The summed E-state index contributed by atoms with van der Waals surface area (Å²) < 4.78 is 24.5. The molecule has 0 spiro atoms. The van der Waals surface area contributed by atoms with Gasteiger partial charge in [-0.3, -0.25) is 4.79 Å². The molecule has 0 saturated carbocycles. The number of aromatic nitrogens is 2. The average molecular weight is 534 g/mol. The van der Waals surface area contributed by atoms with Crippen molar-refractivity contribution in [2.24, 2.45) is 0 Å². The summed E-state index contributed by atoms with van der Waals surface area (Å²) in [5, 5.41) is 6.49. The summed E-state index contributed by atoms with van der Waals surface area (Å²) in [6, 6.07) is 9.17. The molecule has 1 unspecified atom stereocenters. The second-order valence-corrected chi connectivity index (χ2v) is 9.67. The SMILES string of the molecule is CCOC(=O)CC(Cc1csc(CCCc2ccc3c(n2)NCCC3)n1)c1ccc(OC)c(F)c1.Cl. The predicted octanol–water partition coefficient (Wildman–Crippen LogP) is 5.92. The summed E-state index contributed by atoms with van der Waals surface area (Å²) in [6.07, 6.45) is 5.71. The molecule has 0 fully saturated rings. The van der Waals surface area contributed by atoms with Crippen LogP contribution in [0.1, 0.15) is 59.6 Å². The van der Waals surface area contributed by atoms with Crippen molar-refractivity contribution in [3.8, 4) is 5.75 Å². The number of benzene rings is 1. The van der Waals surface area contributed by atoms with Crippen molar-refractivity contribution in [3.05, 3.63) is 69.1 Å². The Morgan fingerprint density at radius 1 is 1.19 bits per heavy atom. The first kappa shape index (κ1) is 27.9. The summed E-state index contributed by atoms with van der Waals surface area (Å²) >= 11 is 1.63. The van der Waals surface area contributed by atoms with Crippen molar-refractivity contribution >= 4 is 35.5 Å². The van der Waals surface area contributed by atoms with E-state index < -0.39 is 5.82 Å². The number of rotatable bonds is 11. The number of methoxy groups -OCH3 is 1. The number of ether oxygens (including phenoxy) is 2. The molecule has 1 aliphatic heterocycles. The van der Waals surface area contributed by atoms with Gasteiger partial charge in [0.25, 0.3) is 0 Å². The van der Waals surface area contributed by atoms with Crippen LogP contribution in [0, 0.1) is 5.82 Å². The number of carbonyl (C=O) groups is 1. The van der Waals surface area contributed by atoms with E-state index in [2.05, 4.69) is 17.4 Å². The Labute approximate surface area is 222 Å². The van der Waals surface area contributed by atoms with Crippen LogP contribution in [0.5, 0.6) is 5.75 Å². The van der Waals surface area contributed by atoms with Gasteiger partial charge in [0.15, 0.2) is 11.6 Å². The molecular formula is C27H33ClFN3O3S. The lowest BCUT2D eigenvalue weighted by molar-refractivity contribution is -0.143. The summed E-state index contributed by atoms with van der Waals surface area (Å²) in [4.78, 5) is 21.8. The fourth-order valence-electron chi connectivity index (χ4n) is 4.40. The van der Waals surface area contributed by atoms with Crippen molar-refractivity contribution in [1.82, 2.24) is 9.97 Å². The predicted molar refractivity (Wildman–Crippen MR) is 143 cm³/mol. The Morgan fingerprint density at radius 3 is 2.83 bits per heavy atom. The van der Waals surface area contributed by atoms with Gasteiger partial charge in [-0.25, -0.2) is 14.4 Å². The van der Waals surface area contributed by atoms with E-state index in [1.807, 2.05) is 5.38 Å². The van der Waals surface area contributed by atoms with Gasteiger partial charge in [0.1, 0.15) is 5.82 Å². The molecule has 1 N–H and O–H groups in total. The van der Waals surface area contributed by atoms with Gasteiger partial charge >= 0.3 is 5.97 Å². The first-order valence-corrected chi connectivity index (χ1v) is 13.1. The van der Waals surface area contributed by atoms with Gasteiger partial charge in [-0.2, -0.15) is 0 Å². The number of esters is 1. The summed E-state index contributed by atoms with van der Waals surface area (Å²) in [5.74, 6) is 0.258. The zero-order valence-corrected chi connectivity index (χ0v) is 22.4. The molecule has 0 saturated heterocycles. The summed E-state index contributed by atoms with van der Waals surface area (Å²) in [7, 11) is 1.43. The van der Waals surface area contributed by atoms with E-state index >= 15 is 0 Å². The van der Waals surface area contributed by atoms with E-state index in [1.54, 1.807) is 30.4 Å². The van der Waals surface area contributed by atoms with E-state index in [0.717, 1.165) is 66.4 Å². The van der Waals surface area contributed by atoms with E-state index in [4.69, 9.17) is 19.4 Å². The van der Waals surface area contributed by atoms with Gasteiger partial charge in [0, 0.05) is 17.6 Å².